The highest BCUT2D eigenvalue weighted by Crippen LogP contribution is 2.28. The average Bonchev–Trinajstić information content (AvgIpc) is 3.05. The summed E-state index contributed by atoms with van der Waals surface area (Å²) in [7, 11) is 0. The van der Waals surface area contributed by atoms with E-state index in [0.717, 1.165) is 37.0 Å². The number of hydrogen-bond acceptors (Lipinski definition) is 3. The van der Waals surface area contributed by atoms with Crippen LogP contribution >= 0.6 is 15.9 Å². The van der Waals surface area contributed by atoms with Crippen molar-refractivity contribution >= 4 is 15.9 Å². The Balaban J connectivity index is 1.73. The van der Waals surface area contributed by atoms with E-state index in [9.17, 15) is 0 Å². The highest BCUT2D eigenvalue weighted by molar-refractivity contribution is 9.09. The van der Waals surface area contributed by atoms with Crippen LogP contribution in [-0.2, 0) is 9.47 Å². The first-order chi connectivity index (χ1) is 10.4. The Morgan fingerprint density at radius 1 is 1.19 bits per heavy atom. The van der Waals surface area contributed by atoms with Gasteiger partial charge >= 0.3 is 0 Å². The molecular formula is C17H27BrO3. The highest BCUT2D eigenvalue weighted by atomic mass is 79.9. The third-order valence-corrected chi connectivity index (χ3v) is 4.48. The predicted molar refractivity (Wildman–Crippen MR) is 87.6 cm³/mol. The molecule has 2 heterocycles. The highest BCUT2D eigenvalue weighted by Gasteiger charge is 2.22. The van der Waals surface area contributed by atoms with Gasteiger partial charge in [-0.05, 0) is 44.2 Å². The van der Waals surface area contributed by atoms with Crippen LogP contribution in [0.1, 0.15) is 69.7 Å². The lowest BCUT2D eigenvalue weighted by Gasteiger charge is -2.27. The Labute approximate surface area is 136 Å². The van der Waals surface area contributed by atoms with Crippen molar-refractivity contribution in [3.05, 3.63) is 24.2 Å². The maximum atomic E-state index is 6.14. The Morgan fingerprint density at radius 3 is 2.76 bits per heavy atom. The summed E-state index contributed by atoms with van der Waals surface area (Å²) in [5, 5.41) is 1.12. The molecule has 0 radical (unpaired) electrons. The molecule has 0 spiro atoms. The van der Waals surface area contributed by atoms with Crippen LogP contribution in [0.4, 0.5) is 0 Å². The second-order valence-corrected chi connectivity index (χ2v) is 6.47. The van der Waals surface area contributed by atoms with Crippen molar-refractivity contribution in [1.82, 2.24) is 0 Å². The molecular weight excluding hydrogens is 332 g/mol. The third kappa shape index (κ3) is 6.54. The quantitative estimate of drug-likeness (QED) is 0.403. The second-order valence-electron chi connectivity index (χ2n) is 5.68. The van der Waals surface area contributed by atoms with Gasteiger partial charge in [-0.25, -0.2) is 0 Å². The smallest absolute Gasteiger partial charge is 0.158 e. The van der Waals surface area contributed by atoms with Gasteiger partial charge in [-0.3, -0.25) is 0 Å². The summed E-state index contributed by atoms with van der Waals surface area (Å²) >= 11 is 3.48. The van der Waals surface area contributed by atoms with Gasteiger partial charge in [0, 0.05) is 11.9 Å². The zero-order chi connectivity index (χ0) is 14.8. The molecule has 0 amide bonds. The largest absolute Gasteiger partial charge is 0.467 e. The predicted octanol–water partition coefficient (Wildman–Crippen LogP) is 5.60. The second kappa shape index (κ2) is 10.4. The molecule has 1 fully saturated rings. The molecule has 0 saturated carbocycles. The van der Waals surface area contributed by atoms with E-state index in [4.69, 9.17) is 13.9 Å². The average molecular weight is 359 g/mol. The molecule has 0 N–H and O–H groups in total. The summed E-state index contributed by atoms with van der Waals surface area (Å²) in [5.74, 6) is 0.935. The number of alkyl halides is 1. The van der Waals surface area contributed by atoms with Gasteiger partial charge in [0.15, 0.2) is 6.29 Å². The van der Waals surface area contributed by atoms with Crippen molar-refractivity contribution in [3.63, 3.8) is 0 Å². The zero-order valence-electron chi connectivity index (χ0n) is 12.8. The third-order valence-electron chi connectivity index (χ3n) is 3.91. The first kappa shape index (κ1) is 17.0. The lowest BCUT2D eigenvalue weighted by Crippen LogP contribution is -2.24. The zero-order valence-corrected chi connectivity index (χ0v) is 14.4. The standard InChI is InChI=1S/C17H27BrO3/c18-12-6-3-1-2-4-9-16(15-10-8-14-19-15)21-17-11-5-7-13-20-17/h8,10,14,16-17H,1-7,9,11-13H2. The topological polar surface area (TPSA) is 31.6 Å². The number of rotatable bonds is 10. The number of ether oxygens (including phenoxy) is 2. The Hall–Kier alpha value is -0.320. The Kier molecular flexibility index (Phi) is 8.45. The van der Waals surface area contributed by atoms with Gasteiger partial charge in [-0.1, -0.05) is 41.6 Å². The van der Waals surface area contributed by atoms with E-state index >= 15 is 0 Å². The molecule has 4 heteroatoms. The van der Waals surface area contributed by atoms with Crippen molar-refractivity contribution in [1.29, 1.82) is 0 Å². The lowest BCUT2D eigenvalue weighted by molar-refractivity contribution is -0.194. The molecule has 3 nitrogen and oxygen atoms in total. The van der Waals surface area contributed by atoms with Gasteiger partial charge in [0.2, 0.25) is 0 Å². The molecule has 1 saturated heterocycles. The lowest BCUT2D eigenvalue weighted by atomic mass is 10.1. The maximum Gasteiger partial charge on any atom is 0.158 e. The van der Waals surface area contributed by atoms with Crippen molar-refractivity contribution in [2.75, 3.05) is 11.9 Å². The maximum absolute atomic E-state index is 6.14. The van der Waals surface area contributed by atoms with Gasteiger partial charge < -0.3 is 13.9 Å². The number of unbranched alkanes of at least 4 members (excludes halogenated alkanes) is 4. The Morgan fingerprint density at radius 2 is 2.05 bits per heavy atom. The molecule has 1 aromatic rings. The molecule has 0 aromatic carbocycles. The fraction of sp³-hybridized carbons (Fsp3) is 0.765. The van der Waals surface area contributed by atoms with Crippen LogP contribution in [0, 0.1) is 0 Å². The van der Waals surface area contributed by atoms with E-state index in [1.165, 1.54) is 38.5 Å². The number of furan rings is 1. The molecule has 0 bridgehead atoms. The molecule has 2 atom stereocenters. The van der Waals surface area contributed by atoms with Crippen molar-refractivity contribution < 1.29 is 13.9 Å². The molecule has 1 aromatic heterocycles. The molecule has 120 valence electrons. The normalized spacial score (nSPS) is 20.5. The van der Waals surface area contributed by atoms with Crippen LogP contribution in [-0.4, -0.2) is 18.2 Å². The van der Waals surface area contributed by atoms with Crippen molar-refractivity contribution in [3.8, 4) is 0 Å². The van der Waals surface area contributed by atoms with E-state index in [1.807, 2.05) is 12.1 Å². The fourth-order valence-corrected chi connectivity index (χ4v) is 3.10. The van der Waals surface area contributed by atoms with E-state index in [0.29, 0.717) is 0 Å². The minimum atomic E-state index is -0.0535. The minimum absolute atomic E-state index is 0.0410. The summed E-state index contributed by atoms with van der Waals surface area (Å²) in [6.45, 7) is 0.822. The summed E-state index contributed by atoms with van der Waals surface area (Å²) in [5.41, 5.74) is 0. The SMILES string of the molecule is BrCCCCCCCC(OC1CCCCO1)c1ccco1. The van der Waals surface area contributed by atoms with E-state index in [2.05, 4.69) is 15.9 Å². The van der Waals surface area contributed by atoms with Crippen LogP contribution < -0.4 is 0 Å². The van der Waals surface area contributed by atoms with Crippen LogP contribution in [0.15, 0.2) is 22.8 Å². The first-order valence-electron chi connectivity index (χ1n) is 8.26. The molecule has 0 aliphatic carbocycles. The first-order valence-corrected chi connectivity index (χ1v) is 9.38. The number of hydrogen-bond donors (Lipinski definition) is 0. The van der Waals surface area contributed by atoms with Gasteiger partial charge in [-0.2, -0.15) is 0 Å². The minimum Gasteiger partial charge on any atom is -0.467 e. The van der Waals surface area contributed by atoms with Crippen LogP contribution in [0.2, 0.25) is 0 Å². The molecule has 1 aliphatic rings. The van der Waals surface area contributed by atoms with Crippen LogP contribution in [0.5, 0.6) is 0 Å². The van der Waals surface area contributed by atoms with Crippen molar-refractivity contribution in [2.24, 2.45) is 0 Å². The van der Waals surface area contributed by atoms with Gasteiger partial charge in [0.1, 0.15) is 11.9 Å². The summed E-state index contributed by atoms with van der Waals surface area (Å²) in [6.07, 6.45) is 12.4. The Bertz CT molecular complexity index is 347. The molecule has 2 rings (SSSR count). The van der Waals surface area contributed by atoms with Crippen LogP contribution in [0.3, 0.4) is 0 Å². The monoisotopic (exact) mass is 358 g/mol. The van der Waals surface area contributed by atoms with Crippen LogP contribution in [0.25, 0.3) is 0 Å². The van der Waals surface area contributed by atoms with E-state index < -0.39 is 0 Å². The molecule has 1 aliphatic heterocycles. The van der Waals surface area contributed by atoms with Crippen molar-refractivity contribution in [2.45, 2.75) is 70.2 Å². The summed E-state index contributed by atoms with van der Waals surface area (Å²) in [6, 6.07) is 3.95. The van der Waals surface area contributed by atoms with Gasteiger partial charge in [0.05, 0.1) is 6.26 Å². The number of halogens is 1. The summed E-state index contributed by atoms with van der Waals surface area (Å²) < 4.78 is 17.4. The van der Waals surface area contributed by atoms with E-state index in [1.54, 1.807) is 6.26 Å². The summed E-state index contributed by atoms with van der Waals surface area (Å²) in [4.78, 5) is 0. The van der Waals surface area contributed by atoms with E-state index in [-0.39, 0.29) is 12.4 Å². The van der Waals surface area contributed by atoms with Gasteiger partial charge in [-0.15, -0.1) is 0 Å². The fourth-order valence-electron chi connectivity index (χ4n) is 2.71. The molecule has 21 heavy (non-hydrogen) atoms. The molecule has 2 unspecified atom stereocenters. The van der Waals surface area contributed by atoms with Gasteiger partial charge in [0.25, 0.3) is 0 Å².